The second-order valence-corrected chi connectivity index (χ2v) is 6.11. The van der Waals surface area contributed by atoms with Crippen LogP contribution >= 0.6 is 0 Å². The highest BCUT2D eigenvalue weighted by Crippen LogP contribution is 2.25. The number of benzene rings is 1. The molecule has 0 aliphatic carbocycles. The standard InChI is InChI=1S/C21H18N4O4/c1-13-9-14(12-28-2)18(10-22)20(24-13)25-23-11-15-7-8-19(29-15)16-5-3-4-6-17(16)21(26)27/h3-9,11H,12H2,1-2H3,(H,24,25)(H,26,27). The van der Waals surface area contributed by atoms with Gasteiger partial charge >= 0.3 is 5.97 Å². The Labute approximate surface area is 167 Å². The molecule has 3 aromatic rings. The number of hydrogen-bond donors (Lipinski definition) is 2. The van der Waals surface area contributed by atoms with Crippen molar-refractivity contribution in [1.82, 2.24) is 4.98 Å². The van der Waals surface area contributed by atoms with Crippen LogP contribution in [0.5, 0.6) is 0 Å². The van der Waals surface area contributed by atoms with E-state index in [4.69, 9.17) is 9.15 Å². The smallest absolute Gasteiger partial charge is 0.336 e. The summed E-state index contributed by atoms with van der Waals surface area (Å²) >= 11 is 0. The summed E-state index contributed by atoms with van der Waals surface area (Å²) in [6.07, 6.45) is 1.42. The van der Waals surface area contributed by atoms with Crippen LogP contribution in [0.2, 0.25) is 0 Å². The van der Waals surface area contributed by atoms with Gasteiger partial charge in [-0.15, -0.1) is 0 Å². The molecule has 2 aromatic heterocycles. The lowest BCUT2D eigenvalue weighted by Gasteiger charge is -2.08. The van der Waals surface area contributed by atoms with Gasteiger partial charge < -0.3 is 14.3 Å². The fourth-order valence-electron chi connectivity index (χ4n) is 2.82. The minimum absolute atomic E-state index is 0.150. The van der Waals surface area contributed by atoms with Gasteiger partial charge in [0, 0.05) is 23.9 Å². The summed E-state index contributed by atoms with van der Waals surface area (Å²) in [7, 11) is 1.55. The second kappa shape index (κ2) is 8.82. The Balaban J connectivity index is 1.82. The quantitative estimate of drug-likeness (QED) is 0.465. The largest absolute Gasteiger partial charge is 0.478 e. The summed E-state index contributed by atoms with van der Waals surface area (Å²) < 4.78 is 10.8. The molecule has 0 atom stereocenters. The van der Waals surface area contributed by atoms with Gasteiger partial charge in [-0.2, -0.15) is 10.4 Å². The number of pyridine rings is 1. The predicted octanol–water partition coefficient (Wildman–Crippen LogP) is 3.81. The number of carboxylic acid groups (broad SMARTS) is 1. The number of aromatic nitrogens is 1. The third kappa shape index (κ3) is 4.48. The van der Waals surface area contributed by atoms with E-state index in [-0.39, 0.29) is 12.2 Å². The number of carboxylic acids is 1. The summed E-state index contributed by atoms with van der Waals surface area (Å²) in [6.45, 7) is 2.10. The van der Waals surface area contributed by atoms with Crippen molar-refractivity contribution in [3.8, 4) is 17.4 Å². The highest BCUT2D eigenvalue weighted by atomic mass is 16.5. The van der Waals surface area contributed by atoms with Crippen LogP contribution in [0, 0.1) is 18.3 Å². The van der Waals surface area contributed by atoms with E-state index in [1.165, 1.54) is 12.3 Å². The van der Waals surface area contributed by atoms with Crippen LogP contribution in [0.15, 0.2) is 52.0 Å². The normalized spacial score (nSPS) is 10.8. The number of nitriles is 1. The number of hydrogen-bond acceptors (Lipinski definition) is 7. The molecule has 0 spiro atoms. The Kier molecular flexibility index (Phi) is 6.02. The first-order valence-corrected chi connectivity index (χ1v) is 8.64. The fourth-order valence-corrected chi connectivity index (χ4v) is 2.82. The number of methoxy groups -OCH3 is 1. The SMILES string of the molecule is COCc1cc(C)nc(NN=Cc2ccc(-c3ccccc3C(=O)O)o2)c1C#N. The number of furan rings is 1. The lowest BCUT2D eigenvalue weighted by Crippen LogP contribution is -2.03. The summed E-state index contributed by atoms with van der Waals surface area (Å²) in [5, 5.41) is 22.8. The molecule has 0 aliphatic heterocycles. The number of nitrogens with one attached hydrogen (secondary N) is 1. The lowest BCUT2D eigenvalue weighted by molar-refractivity contribution is 0.0697. The molecule has 0 radical (unpaired) electrons. The Morgan fingerprint density at radius 1 is 1.38 bits per heavy atom. The Morgan fingerprint density at radius 3 is 2.90 bits per heavy atom. The molecule has 8 heteroatoms. The number of carbonyl (C=O) groups is 1. The van der Waals surface area contributed by atoms with Gasteiger partial charge in [0.25, 0.3) is 0 Å². The molecule has 3 rings (SSSR count). The molecular weight excluding hydrogens is 372 g/mol. The number of rotatable bonds is 7. The maximum Gasteiger partial charge on any atom is 0.336 e. The highest BCUT2D eigenvalue weighted by Gasteiger charge is 2.14. The lowest BCUT2D eigenvalue weighted by atomic mass is 10.1. The molecule has 0 aliphatic rings. The summed E-state index contributed by atoms with van der Waals surface area (Å²) in [5.74, 6) is 0.114. The van der Waals surface area contributed by atoms with Crippen molar-refractivity contribution in [2.24, 2.45) is 5.10 Å². The van der Waals surface area contributed by atoms with Crippen molar-refractivity contribution in [2.45, 2.75) is 13.5 Å². The van der Waals surface area contributed by atoms with E-state index in [1.54, 1.807) is 43.5 Å². The molecule has 29 heavy (non-hydrogen) atoms. The van der Waals surface area contributed by atoms with Crippen molar-refractivity contribution in [2.75, 3.05) is 12.5 Å². The predicted molar refractivity (Wildman–Crippen MR) is 107 cm³/mol. The maximum atomic E-state index is 11.4. The molecule has 0 fully saturated rings. The molecule has 146 valence electrons. The first-order chi connectivity index (χ1) is 14.0. The number of nitrogens with zero attached hydrogens (tertiary/aromatic N) is 3. The third-order valence-electron chi connectivity index (χ3n) is 4.05. The summed E-state index contributed by atoms with van der Waals surface area (Å²) in [6, 6.07) is 13.8. The zero-order chi connectivity index (χ0) is 20.8. The molecule has 8 nitrogen and oxygen atoms in total. The molecule has 0 unspecified atom stereocenters. The molecule has 2 N–H and O–H groups in total. The van der Waals surface area contributed by atoms with Gasteiger partial charge in [-0.1, -0.05) is 18.2 Å². The molecule has 0 amide bonds. The van der Waals surface area contributed by atoms with Gasteiger partial charge in [-0.05, 0) is 31.2 Å². The van der Waals surface area contributed by atoms with E-state index < -0.39 is 5.97 Å². The van der Waals surface area contributed by atoms with Crippen LogP contribution in [0.1, 0.15) is 32.9 Å². The Bertz CT molecular complexity index is 1110. The molecule has 0 bridgehead atoms. The number of ether oxygens (including phenoxy) is 1. The van der Waals surface area contributed by atoms with Crippen molar-refractivity contribution in [3.63, 3.8) is 0 Å². The van der Waals surface area contributed by atoms with Crippen molar-refractivity contribution in [1.29, 1.82) is 5.26 Å². The van der Waals surface area contributed by atoms with E-state index in [0.717, 1.165) is 5.69 Å². The first-order valence-electron chi connectivity index (χ1n) is 8.64. The molecular formula is C21H18N4O4. The third-order valence-corrected chi connectivity index (χ3v) is 4.05. The van der Waals surface area contributed by atoms with Crippen LogP contribution in [0.3, 0.4) is 0 Å². The number of aromatic carboxylic acids is 1. The van der Waals surface area contributed by atoms with Crippen LogP contribution < -0.4 is 5.43 Å². The average molecular weight is 390 g/mol. The zero-order valence-corrected chi connectivity index (χ0v) is 15.8. The fraction of sp³-hybridized carbons (Fsp3) is 0.143. The van der Waals surface area contributed by atoms with Crippen LogP contribution in [0.25, 0.3) is 11.3 Å². The molecule has 2 heterocycles. The van der Waals surface area contributed by atoms with Crippen LogP contribution in [-0.4, -0.2) is 29.4 Å². The molecule has 0 saturated carbocycles. The van der Waals surface area contributed by atoms with Crippen molar-refractivity contribution < 1.29 is 19.1 Å². The number of hydrazone groups is 1. The van der Waals surface area contributed by atoms with Crippen molar-refractivity contribution >= 4 is 18.0 Å². The number of aryl methyl sites for hydroxylation is 1. The van der Waals surface area contributed by atoms with E-state index in [9.17, 15) is 15.2 Å². The van der Waals surface area contributed by atoms with Gasteiger partial charge in [0.15, 0.2) is 5.82 Å². The van der Waals surface area contributed by atoms with E-state index in [0.29, 0.717) is 34.0 Å². The topological polar surface area (TPSA) is 121 Å². The minimum Gasteiger partial charge on any atom is -0.478 e. The van der Waals surface area contributed by atoms with Crippen LogP contribution in [-0.2, 0) is 11.3 Å². The zero-order valence-electron chi connectivity index (χ0n) is 15.8. The van der Waals surface area contributed by atoms with Gasteiger partial charge in [0.05, 0.1) is 18.4 Å². The van der Waals surface area contributed by atoms with E-state index in [2.05, 4.69) is 21.6 Å². The number of anilines is 1. The average Bonchev–Trinajstić information content (AvgIpc) is 3.17. The Hall–Kier alpha value is -3.96. The second-order valence-electron chi connectivity index (χ2n) is 6.11. The first kappa shape index (κ1) is 19.8. The van der Waals surface area contributed by atoms with Gasteiger partial charge in [-0.25, -0.2) is 9.78 Å². The molecule has 1 aromatic carbocycles. The maximum absolute atomic E-state index is 11.4. The van der Waals surface area contributed by atoms with Crippen LogP contribution in [0.4, 0.5) is 5.82 Å². The summed E-state index contributed by atoms with van der Waals surface area (Å²) in [4.78, 5) is 15.7. The highest BCUT2D eigenvalue weighted by molar-refractivity contribution is 5.95. The minimum atomic E-state index is -1.03. The summed E-state index contributed by atoms with van der Waals surface area (Å²) in [5.41, 5.74) is 5.17. The molecule has 0 saturated heterocycles. The van der Waals surface area contributed by atoms with Gasteiger partial charge in [0.2, 0.25) is 0 Å². The van der Waals surface area contributed by atoms with Gasteiger partial charge in [0.1, 0.15) is 23.2 Å². The monoisotopic (exact) mass is 390 g/mol. The van der Waals surface area contributed by atoms with E-state index in [1.807, 2.05) is 6.92 Å². The van der Waals surface area contributed by atoms with Crippen molar-refractivity contribution in [3.05, 3.63) is 70.6 Å². The van der Waals surface area contributed by atoms with E-state index >= 15 is 0 Å². The Morgan fingerprint density at radius 2 is 2.17 bits per heavy atom. The van der Waals surface area contributed by atoms with Gasteiger partial charge in [-0.3, -0.25) is 5.43 Å².